The van der Waals surface area contributed by atoms with Crippen LogP contribution >= 0.6 is 0 Å². The van der Waals surface area contributed by atoms with Crippen LogP contribution in [0, 0.1) is 5.92 Å². The Morgan fingerprint density at radius 2 is 1.78 bits per heavy atom. The Labute approximate surface area is 136 Å². The first-order valence-corrected chi connectivity index (χ1v) is 9.11. The minimum Gasteiger partial charge on any atom is -0.459 e. The molecule has 0 bridgehead atoms. The van der Waals surface area contributed by atoms with Crippen molar-refractivity contribution in [1.82, 2.24) is 5.32 Å². The standard InChI is InChI=1S/C17H21NO4S/c1-12(2)13(3)18-17(19)16-14(9-10-22-16)11-23(20,21)15-7-5-4-6-8-15/h4-10,12-13H,11H2,1-3H3,(H,18,19). The van der Waals surface area contributed by atoms with Crippen molar-refractivity contribution in [2.24, 2.45) is 5.92 Å². The highest BCUT2D eigenvalue weighted by Crippen LogP contribution is 2.20. The fourth-order valence-corrected chi connectivity index (χ4v) is 3.38. The van der Waals surface area contributed by atoms with Gasteiger partial charge in [0, 0.05) is 11.6 Å². The number of nitrogens with one attached hydrogen (secondary N) is 1. The molecule has 1 amide bonds. The van der Waals surface area contributed by atoms with E-state index in [2.05, 4.69) is 5.32 Å². The van der Waals surface area contributed by atoms with Gasteiger partial charge in [-0.05, 0) is 31.0 Å². The largest absolute Gasteiger partial charge is 0.459 e. The Hall–Kier alpha value is -2.08. The molecule has 23 heavy (non-hydrogen) atoms. The van der Waals surface area contributed by atoms with Crippen LogP contribution in [0.3, 0.4) is 0 Å². The summed E-state index contributed by atoms with van der Waals surface area (Å²) >= 11 is 0. The highest BCUT2D eigenvalue weighted by molar-refractivity contribution is 7.90. The second-order valence-electron chi connectivity index (χ2n) is 5.85. The van der Waals surface area contributed by atoms with E-state index < -0.39 is 15.7 Å². The number of rotatable bonds is 6. The number of sulfone groups is 1. The molecule has 1 unspecified atom stereocenters. The molecular formula is C17H21NO4S. The summed E-state index contributed by atoms with van der Waals surface area (Å²) in [6.07, 6.45) is 1.34. The topological polar surface area (TPSA) is 76.4 Å². The molecule has 1 aromatic carbocycles. The van der Waals surface area contributed by atoms with Crippen LogP contribution in [0.1, 0.15) is 36.9 Å². The average Bonchev–Trinajstić information content (AvgIpc) is 2.95. The van der Waals surface area contributed by atoms with Gasteiger partial charge >= 0.3 is 0 Å². The first-order chi connectivity index (χ1) is 10.8. The molecule has 0 saturated heterocycles. The molecule has 124 valence electrons. The van der Waals surface area contributed by atoms with Crippen molar-refractivity contribution < 1.29 is 17.6 Å². The van der Waals surface area contributed by atoms with Crippen molar-refractivity contribution in [3.05, 3.63) is 54.0 Å². The number of amides is 1. The zero-order valence-corrected chi connectivity index (χ0v) is 14.3. The van der Waals surface area contributed by atoms with E-state index in [1.807, 2.05) is 20.8 Å². The molecule has 1 aromatic heterocycles. The van der Waals surface area contributed by atoms with Gasteiger partial charge in [-0.2, -0.15) is 0 Å². The third-order valence-corrected chi connectivity index (χ3v) is 5.44. The summed E-state index contributed by atoms with van der Waals surface area (Å²) in [5.41, 5.74) is 0.363. The lowest BCUT2D eigenvalue weighted by molar-refractivity contribution is 0.0901. The SMILES string of the molecule is CC(C)C(C)NC(=O)c1occc1CS(=O)(=O)c1ccccc1. The van der Waals surface area contributed by atoms with Gasteiger partial charge in [-0.15, -0.1) is 0 Å². The third-order valence-electron chi connectivity index (χ3n) is 3.76. The maximum absolute atomic E-state index is 12.4. The summed E-state index contributed by atoms with van der Waals surface area (Å²) in [6, 6.07) is 9.65. The highest BCUT2D eigenvalue weighted by atomic mass is 32.2. The number of benzene rings is 1. The Bertz CT molecular complexity index is 763. The van der Waals surface area contributed by atoms with Crippen molar-refractivity contribution in [2.45, 2.75) is 37.5 Å². The van der Waals surface area contributed by atoms with Crippen molar-refractivity contribution in [3.8, 4) is 0 Å². The van der Waals surface area contributed by atoms with E-state index in [-0.39, 0.29) is 28.4 Å². The lowest BCUT2D eigenvalue weighted by Gasteiger charge is -2.16. The molecule has 2 rings (SSSR count). The molecule has 0 aliphatic rings. The third kappa shape index (κ3) is 4.22. The maximum atomic E-state index is 12.4. The first-order valence-electron chi connectivity index (χ1n) is 7.46. The summed E-state index contributed by atoms with van der Waals surface area (Å²) in [4.78, 5) is 12.5. The lowest BCUT2D eigenvalue weighted by atomic mass is 10.1. The molecule has 0 aliphatic carbocycles. The van der Waals surface area contributed by atoms with E-state index >= 15 is 0 Å². The van der Waals surface area contributed by atoms with Gasteiger partial charge in [0.25, 0.3) is 5.91 Å². The molecule has 1 atom stereocenters. The van der Waals surface area contributed by atoms with E-state index in [0.717, 1.165) is 0 Å². The number of furan rings is 1. The average molecular weight is 335 g/mol. The quantitative estimate of drug-likeness (QED) is 0.880. The van der Waals surface area contributed by atoms with Crippen LogP contribution in [0.5, 0.6) is 0 Å². The van der Waals surface area contributed by atoms with Crippen molar-refractivity contribution in [2.75, 3.05) is 0 Å². The van der Waals surface area contributed by atoms with Gasteiger partial charge in [-0.25, -0.2) is 8.42 Å². The summed E-state index contributed by atoms with van der Waals surface area (Å²) in [5.74, 6) is -0.344. The van der Waals surface area contributed by atoms with Crippen molar-refractivity contribution >= 4 is 15.7 Å². The predicted octanol–water partition coefficient (Wildman–Crippen LogP) is 3.03. The molecule has 6 heteroatoms. The zero-order valence-electron chi connectivity index (χ0n) is 13.4. The normalized spacial score (nSPS) is 13.0. The molecule has 5 nitrogen and oxygen atoms in total. The van der Waals surface area contributed by atoms with Gasteiger partial charge in [0.1, 0.15) is 0 Å². The van der Waals surface area contributed by atoms with Crippen LogP contribution in [-0.4, -0.2) is 20.4 Å². The fourth-order valence-electron chi connectivity index (χ4n) is 2.00. The molecule has 2 aromatic rings. The van der Waals surface area contributed by atoms with Gasteiger partial charge in [-0.3, -0.25) is 4.79 Å². The monoisotopic (exact) mass is 335 g/mol. The number of carbonyl (C=O) groups is 1. The summed E-state index contributed by atoms with van der Waals surface area (Å²) < 4.78 is 30.1. The maximum Gasteiger partial charge on any atom is 0.287 e. The van der Waals surface area contributed by atoms with Gasteiger partial charge in [0.05, 0.1) is 16.9 Å². The number of hydrogen-bond donors (Lipinski definition) is 1. The van der Waals surface area contributed by atoms with E-state index in [1.54, 1.807) is 18.2 Å². The van der Waals surface area contributed by atoms with E-state index in [4.69, 9.17) is 4.42 Å². The second-order valence-corrected chi connectivity index (χ2v) is 7.84. The molecule has 0 saturated carbocycles. The Balaban J connectivity index is 2.20. The van der Waals surface area contributed by atoms with Crippen LogP contribution in [0.15, 0.2) is 52.0 Å². The second kappa shape index (κ2) is 7.00. The van der Waals surface area contributed by atoms with Gasteiger partial charge in [-0.1, -0.05) is 32.0 Å². The van der Waals surface area contributed by atoms with Crippen molar-refractivity contribution in [3.63, 3.8) is 0 Å². The van der Waals surface area contributed by atoms with Crippen LogP contribution in [-0.2, 0) is 15.6 Å². The smallest absolute Gasteiger partial charge is 0.287 e. The van der Waals surface area contributed by atoms with Crippen LogP contribution in [0.2, 0.25) is 0 Å². The molecule has 0 radical (unpaired) electrons. The van der Waals surface area contributed by atoms with Crippen molar-refractivity contribution in [1.29, 1.82) is 0 Å². The Morgan fingerprint density at radius 1 is 1.13 bits per heavy atom. The summed E-state index contributed by atoms with van der Waals surface area (Å²) in [5, 5.41) is 2.82. The summed E-state index contributed by atoms with van der Waals surface area (Å²) in [7, 11) is -3.52. The fraction of sp³-hybridized carbons (Fsp3) is 0.353. The van der Waals surface area contributed by atoms with E-state index in [1.165, 1.54) is 24.5 Å². The minimum absolute atomic E-state index is 0.0359. The Kier molecular flexibility index (Phi) is 5.26. The van der Waals surface area contributed by atoms with Gasteiger partial charge in [0.15, 0.2) is 15.6 Å². The minimum atomic E-state index is -3.52. The highest BCUT2D eigenvalue weighted by Gasteiger charge is 2.23. The summed E-state index contributed by atoms with van der Waals surface area (Å²) in [6.45, 7) is 5.88. The van der Waals surface area contributed by atoms with E-state index in [0.29, 0.717) is 5.56 Å². The van der Waals surface area contributed by atoms with Crippen LogP contribution in [0.4, 0.5) is 0 Å². The number of carbonyl (C=O) groups excluding carboxylic acids is 1. The molecule has 0 aliphatic heterocycles. The van der Waals surface area contributed by atoms with E-state index in [9.17, 15) is 13.2 Å². The lowest BCUT2D eigenvalue weighted by Crippen LogP contribution is -2.36. The molecule has 0 spiro atoms. The first kappa shape index (κ1) is 17.3. The van der Waals surface area contributed by atoms with Gasteiger partial charge in [0.2, 0.25) is 0 Å². The predicted molar refractivity (Wildman–Crippen MR) is 87.8 cm³/mol. The number of hydrogen-bond acceptors (Lipinski definition) is 4. The zero-order chi connectivity index (χ0) is 17.0. The van der Waals surface area contributed by atoms with Crippen LogP contribution < -0.4 is 5.32 Å². The molecular weight excluding hydrogens is 314 g/mol. The van der Waals surface area contributed by atoms with Gasteiger partial charge < -0.3 is 9.73 Å². The molecule has 0 fully saturated rings. The Morgan fingerprint density at radius 3 is 2.39 bits per heavy atom. The molecule has 1 N–H and O–H groups in total. The molecule has 1 heterocycles. The van der Waals surface area contributed by atoms with Crippen LogP contribution in [0.25, 0.3) is 0 Å².